The number of esters is 1. The minimum atomic E-state index is -0.194. The van der Waals surface area contributed by atoms with Gasteiger partial charge in [-0.3, -0.25) is 4.79 Å². The van der Waals surface area contributed by atoms with Crippen molar-refractivity contribution in [3.8, 4) is 5.75 Å². The molecule has 0 N–H and O–H groups in total. The standard InChI is InChI=1S/C17H15NO2/c1-2-5-17(19)20-14-8-9-16-13(11-14)10-12-6-3-4-7-15(12)18-16/h3-4,6-11H,2,5H2,1H3. The first-order valence-corrected chi connectivity index (χ1v) is 6.76. The lowest BCUT2D eigenvalue weighted by molar-refractivity contribution is -0.134. The second-order valence-electron chi connectivity index (χ2n) is 4.76. The molecule has 0 aliphatic heterocycles. The molecule has 1 heterocycles. The van der Waals surface area contributed by atoms with Crippen LogP contribution in [0.5, 0.6) is 5.75 Å². The van der Waals surface area contributed by atoms with E-state index in [4.69, 9.17) is 4.74 Å². The minimum absolute atomic E-state index is 0.194. The molecule has 0 radical (unpaired) electrons. The van der Waals surface area contributed by atoms with E-state index in [0.717, 1.165) is 28.2 Å². The van der Waals surface area contributed by atoms with E-state index >= 15 is 0 Å². The monoisotopic (exact) mass is 265 g/mol. The molecule has 1 aromatic heterocycles. The Morgan fingerprint density at radius 1 is 1.05 bits per heavy atom. The molecule has 3 heteroatoms. The molecule has 0 bridgehead atoms. The van der Waals surface area contributed by atoms with Crippen LogP contribution in [0.2, 0.25) is 0 Å². The van der Waals surface area contributed by atoms with E-state index in [2.05, 4.69) is 11.1 Å². The molecule has 0 aliphatic rings. The highest BCUT2D eigenvalue weighted by Gasteiger charge is 2.05. The first-order chi connectivity index (χ1) is 9.76. The zero-order valence-corrected chi connectivity index (χ0v) is 11.3. The van der Waals surface area contributed by atoms with Crippen LogP contribution in [0.4, 0.5) is 0 Å². The summed E-state index contributed by atoms with van der Waals surface area (Å²) >= 11 is 0. The molecular formula is C17H15NO2. The number of benzene rings is 2. The molecule has 3 rings (SSSR count). The van der Waals surface area contributed by atoms with Gasteiger partial charge in [-0.05, 0) is 36.8 Å². The Kier molecular flexibility index (Phi) is 3.33. The van der Waals surface area contributed by atoms with E-state index in [1.807, 2.05) is 43.3 Å². The lowest BCUT2D eigenvalue weighted by Gasteiger charge is -2.06. The maximum atomic E-state index is 11.5. The SMILES string of the molecule is CCCC(=O)Oc1ccc2nc3ccccc3cc2c1. The molecule has 0 atom stereocenters. The predicted octanol–water partition coefficient (Wildman–Crippen LogP) is 4.09. The first-order valence-electron chi connectivity index (χ1n) is 6.76. The fourth-order valence-corrected chi connectivity index (χ4v) is 2.21. The molecule has 0 saturated carbocycles. The number of carbonyl (C=O) groups is 1. The third-order valence-corrected chi connectivity index (χ3v) is 3.17. The summed E-state index contributed by atoms with van der Waals surface area (Å²) in [6, 6.07) is 15.6. The van der Waals surface area contributed by atoms with Crippen molar-refractivity contribution in [2.75, 3.05) is 0 Å². The molecule has 0 aliphatic carbocycles. The van der Waals surface area contributed by atoms with Gasteiger partial charge in [0.05, 0.1) is 11.0 Å². The summed E-state index contributed by atoms with van der Waals surface area (Å²) in [5.74, 6) is 0.383. The van der Waals surface area contributed by atoms with Crippen molar-refractivity contribution in [1.29, 1.82) is 0 Å². The van der Waals surface area contributed by atoms with Crippen LogP contribution in [0.1, 0.15) is 19.8 Å². The first kappa shape index (κ1) is 12.6. The zero-order chi connectivity index (χ0) is 13.9. The van der Waals surface area contributed by atoms with Gasteiger partial charge in [-0.2, -0.15) is 0 Å². The van der Waals surface area contributed by atoms with Crippen LogP contribution in [0.15, 0.2) is 48.5 Å². The fraction of sp³-hybridized carbons (Fsp3) is 0.176. The summed E-state index contributed by atoms with van der Waals surface area (Å²) in [6.07, 6.45) is 1.23. The van der Waals surface area contributed by atoms with E-state index in [1.165, 1.54) is 0 Å². The van der Waals surface area contributed by atoms with Crippen molar-refractivity contribution in [2.45, 2.75) is 19.8 Å². The largest absolute Gasteiger partial charge is 0.427 e. The Hall–Kier alpha value is -2.42. The second-order valence-corrected chi connectivity index (χ2v) is 4.76. The third-order valence-electron chi connectivity index (χ3n) is 3.17. The Morgan fingerprint density at radius 3 is 2.70 bits per heavy atom. The van der Waals surface area contributed by atoms with Crippen molar-refractivity contribution >= 4 is 27.8 Å². The van der Waals surface area contributed by atoms with Crippen LogP contribution in [0.3, 0.4) is 0 Å². The molecule has 100 valence electrons. The zero-order valence-electron chi connectivity index (χ0n) is 11.3. The minimum Gasteiger partial charge on any atom is -0.427 e. The summed E-state index contributed by atoms with van der Waals surface area (Å²) in [5.41, 5.74) is 1.87. The van der Waals surface area contributed by atoms with E-state index in [9.17, 15) is 4.79 Å². The normalized spacial score (nSPS) is 10.8. The number of ether oxygens (including phenoxy) is 1. The maximum absolute atomic E-state index is 11.5. The van der Waals surface area contributed by atoms with E-state index in [0.29, 0.717) is 12.2 Å². The summed E-state index contributed by atoms with van der Waals surface area (Å²) in [7, 11) is 0. The molecular weight excluding hydrogens is 250 g/mol. The van der Waals surface area contributed by atoms with Gasteiger partial charge in [0.1, 0.15) is 5.75 Å². The summed E-state index contributed by atoms with van der Waals surface area (Å²) in [5, 5.41) is 2.06. The number of nitrogens with zero attached hydrogens (tertiary/aromatic N) is 1. The maximum Gasteiger partial charge on any atom is 0.311 e. The van der Waals surface area contributed by atoms with E-state index in [1.54, 1.807) is 6.07 Å². The smallest absolute Gasteiger partial charge is 0.311 e. The van der Waals surface area contributed by atoms with E-state index in [-0.39, 0.29) is 5.97 Å². The van der Waals surface area contributed by atoms with Gasteiger partial charge in [0.25, 0.3) is 0 Å². The number of rotatable bonds is 3. The average Bonchev–Trinajstić information content (AvgIpc) is 2.45. The molecule has 3 nitrogen and oxygen atoms in total. The van der Waals surface area contributed by atoms with Gasteiger partial charge >= 0.3 is 5.97 Å². The van der Waals surface area contributed by atoms with Gasteiger partial charge < -0.3 is 4.74 Å². The van der Waals surface area contributed by atoms with Crippen molar-refractivity contribution in [3.05, 3.63) is 48.5 Å². The van der Waals surface area contributed by atoms with Crippen LogP contribution >= 0.6 is 0 Å². The van der Waals surface area contributed by atoms with Gasteiger partial charge in [-0.1, -0.05) is 25.1 Å². The topological polar surface area (TPSA) is 39.2 Å². The van der Waals surface area contributed by atoms with Crippen LogP contribution < -0.4 is 4.74 Å². The highest BCUT2D eigenvalue weighted by atomic mass is 16.5. The number of carbonyl (C=O) groups excluding carboxylic acids is 1. The number of fused-ring (bicyclic) bond motifs is 2. The summed E-state index contributed by atoms with van der Waals surface area (Å²) in [4.78, 5) is 16.1. The second kappa shape index (κ2) is 5.29. The van der Waals surface area contributed by atoms with Crippen LogP contribution in [-0.4, -0.2) is 11.0 Å². The van der Waals surface area contributed by atoms with Crippen molar-refractivity contribution in [3.63, 3.8) is 0 Å². The van der Waals surface area contributed by atoms with Crippen molar-refractivity contribution < 1.29 is 9.53 Å². The van der Waals surface area contributed by atoms with Gasteiger partial charge in [0.15, 0.2) is 0 Å². The quantitative estimate of drug-likeness (QED) is 0.406. The molecule has 3 aromatic rings. The van der Waals surface area contributed by atoms with Crippen LogP contribution in [-0.2, 0) is 4.79 Å². The number of aromatic nitrogens is 1. The lowest BCUT2D eigenvalue weighted by Crippen LogP contribution is -2.06. The molecule has 0 amide bonds. The molecule has 20 heavy (non-hydrogen) atoms. The Labute approximate surface area is 117 Å². The molecule has 0 fully saturated rings. The third kappa shape index (κ3) is 2.48. The number of para-hydroxylation sites is 1. The van der Waals surface area contributed by atoms with E-state index < -0.39 is 0 Å². The fourth-order valence-electron chi connectivity index (χ4n) is 2.21. The number of hydrogen-bond donors (Lipinski definition) is 0. The van der Waals surface area contributed by atoms with Gasteiger partial charge in [-0.25, -0.2) is 4.98 Å². The summed E-state index contributed by atoms with van der Waals surface area (Å²) < 4.78 is 5.31. The van der Waals surface area contributed by atoms with Crippen molar-refractivity contribution in [2.24, 2.45) is 0 Å². The van der Waals surface area contributed by atoms with Crippen LogP contribution in [0, 0.1) is 0 Å². The highest BCUT2D eigenvalue weighted by Crippen LogP contribution is 2.23. The van der Waals surface area contributed by atoms with Gasteiger partial charge in [-0.15, -0.1) is 0 Å². The summed E-state index contributed by atoms with van der Waals surface area (Å²) in [6.45, 7) is 1.96. The molecule has 0 saturated heterocycles. The van der Waals surface area contributed by atoms with Gasteiger partial charge in [0.2, 0.25) is 0 Å². The highest BCUT2D eigenvalue weighted by molar-refractivity contribution is 5.93. The van der Waals surface area contributed by atoms with Crippen LogP contribution in [0.25, 0.3) is 21.8 Å². The Bertz CT molecular complexity index is 780. The molecule has 0 unspecified atom stereocenters. The average molecular weight is 265 g/mol. The number of pyridine rings is 1. The molecule has 0 spiro atoms. The van der Waals surface area contributed by atoms with Gasteiger partial charge in [0, 0.05) is 17.2 Å². The lowest BCUT2D eigenvalue weighted by atomic mass is 10.1. The van der Waals surface area contributed by atoms with Crippen molar-refractivity contribution in [1.82, 2.24) is 4.98 Å². The Balaban J connectivity index is 2.01. The predicted molar refractivity (Wildman–Crippen MR) is 79.8 cm³/mol. The number of hydrogen-bond acceptors (Lipinski definition) is 3. The Morgan fingerprint density at radius 2 is 1.85 bits per heavy atom. The molecule has 2 aromatic carbocycles.